The summed E-state index contributed by atoms with van der Waals surface area (Å²) in [6.07, 6.45) is 4.81. The third-order valence-electron chi connectivity index (χ3n) is 4.72. The van der Waals surface area contributed by atoms with Crippen molar-refractivity contribution in [1.82, 2.24) is 10.2 Å². The molecule has 0 aromatic rings. The molecule has 0 bridgehead atoms. The van der Waals surface area contributed by atoms with Crippen molar-refractivity contribution >= 4 is 34.9 Å². The van der Waals surface area contributed by atoms with E-state index in [2.05, 4.69) is 37.2 Å². The molecule has 1 unspecified atom stereocenters. The first-order valence-electron chi connectivity index (χ1n) is 7.58. The first-order chi connectivity index (χ1) is 9.67. The van der Waals surface area contributed by atoms with Crippen LogP contribution in [0.25, 0.3) is 0 Å². The molecule has 1 aliphatic heterocycles. The molecule has 1 fully saturated rings. The van der Waals surface area contributed by atoms with Crippen molar-refractivity contribution in [3.8, 4) is 0 Å². The molecular formula is C15H29N3OS2. The van der Waals surface area contributed by atoms with Gasteiger partial charge in [0.05, 0.1) is 15.8 Å². The van der Waals surface area contributed by atoms with Crippen molar-refractivity contribution in [3.63, 3.8) is 0 Å². The standard InChI is InChI=1S/C15H29N3OS2/c1-6-14(3,4)17-12(19)11(2)18-9-7-15(21-5,8-10-18)13(16)20/h11H,6-10H2,1-5H3,(H2,16,20)(H,17,19). The van der Waals surface area contributed by atoms with Crippen molar-refractivity contribution in [3.05, 3.63) is 0 Å². The van der Waals surface area contributed by atoms with Crippen LogP contribution in [-0.2, 0) is 4.79 Å². The second-order valence-corrected chi connectivity index (χ2v) is 8.13. The van der Waals surface area contributed by atoms with E-state index in [0.29, 0.717) is 4.99 Å². The molecule has 0 aliphatic carbocycles. The van der Waals surface area contributed by atoms with Gasteiger partial charge in [0.1, 0.15) is 0 Å². The number of nitrogens with one attached hydrogen (secondary N) is 1. The van der Waals surface area contributed by atoms with E-state index in [1.165, 1.54) is 0 Å². The number of likely N-dealkylation sites (tertiary alicyclic amines) is 1. The van der Waals surface area contributed by atoms with Crippen molar-refractivity contribution < 1.29 is 4.79 Å². The Morgan fingerprint density at radius 1 is 1.48 bits per heavy atom. The van der Waals surface area contributed by atoms with Crippen LogP contribution in [0.4, 0.5) is 0 Å². The average molecular weight is 332 g/mol. The topological polar surface area (TPSA) is 58.4 Å². The van der Waals surface area contributed by atoms with Crippen LogP contribution in [-0.4, -0.2) is 51.5 Å². The molecule has 1 atom stereocenters. The Bertz CT molecular complexity index is 390. The lowest BCUT2D eigenvalue weighted by atomic mass is 9.94. The molecule has 0 aromatic heterocycles. The van der Waals surface area contributed by atoms with Gasteiger partial charge in [0.25, 0.3) is 0 Å². The second kappa shape index (κ2) is 7.29. The van der Waals surface area contributed by atoms with E-state index in [-0.39, 0.29) is 22.2 Å². The summed E-state index contributed by atoms with van der Waals surface area (Å²) in [6, 6.07) is -0.109. The first kappa shape index (κ1) is 18.7. The van der Waals surface area contributed by atoms with E-state index in [4.69, 9.17) is 18.0 Å². The number of piperidine rings is 1. The molecule has 21 heavy (non-hydrogen) atoms. The number of thioether (sulfide) groups is 1. The molecule has 6 heteroatoms. The van der Waals surface area contributed by atoms with E-state index in [0.717, 1.165) is 32.4 Å². The van der Waals surface area contributed by atoms with Gasteiger partial charge in [-0.1, -0.05) is 19.1 Å². The molecule has 0 aromatic carbocycles. The minimum atomic E-state index is -0.150. The molecule has 4 nitrogen and oxygen atoms in total. The highest BCUT2D eigenvalue weighted by Gasteiger charge is 2.39. The van der Waals surface area contributed by atoms with Crippen LogP contribution in [0.2, 0.25) is 0 Å². The Morgan fingerprint density at radius 3 is 2.38 bits per heavy atom. The number of amides is 1. The monoisotopic (exact) mass is 331 g/mol. The fourth-order valence-corrected chi connectivity index (χ4v) is 3.76. The molecule has 0 saturated carbocycles. The Labute approximate surface area is 138 Å². The minimum Gasteiger partial charge on any atom is -0.392 e. The van der Waals surface area contributed by atoms with E-state index >= 15 is 0 Å². The molecule has 1 amide bonds. The quantitative estimate of drug-likeness (QED) is 0.731. The lowest BCUT2D eigenvalue weighted by Gasteiger charge is -2.42. The molecule has 1 rings (SSSR count). The maximum absolute atomic E-state index is 12.4. The van der Waals surface area contributed by atoms with Gasteiger partial charge in [-0.05, 0) is 46.3 Å². The van der Waals surface area contributed by atoms with Crippen molar-refractivity contribution in [2.75, 3.05) is 19.3 Å². The van der Waals surface area contributed by atoms with Gasteiger partial charge in [0.15, 0.2) is 0 Å². The van der Waals surface area contributed by atoms with E-state index < -0.39 is 0 Å². The second-order valence-electron chi connectivity index (χ2n) is 6.50. The van der Waals surface area contributed by atoms with Gasteiger partial charge in [0, 0.05) is 18.6 Å². The van der Waals surface area contributed by atoms with Crippen LogP contribution in [0.15, 0.2) is 0 Å². The van der Waals surface area contributed by atoms with Gasteiger partial charge < -0.3 is 11.1 Å². The smallest absolute Gasteiger partial charge is 0.237 e. The lowest BCUT2D eigenvalue weighted by Crippen LogP contribution is -2.56. The van der Waals surface area contributed by atoms with Gasteiger partial charge in [-0.2, -0.15) is 11.8 Å². The number of hydrogen-bond donors (Lipinski definition) is 2. The number of rotatable bonds is 6. The molecule has 122 valence electrons. The Hall–Kier alpha value is -0.330. The molecular weight excluding hydrogens is 302 g/mol. The third kappa shape index (κ3) is 4.57. The van der Waals surface area contributed by atoms with Crippen LogP contribution in [0.3, 0.4) is 0 Å². The highest BCUT2D eigenvalue weighted by Crippen LogP contribution is 2.35. The first-order valence-corrected chi connectivity index (χ1v) is 9.22. The van der Waals surface area contributed by atoms with Crippen LogP contribution < -0.4 is 11.1 Å². The van der Waals surface area contributed by atoms with Gasteiger partial charge in [-0.25, -0.2) is 0 Å². The summed E-state index contributed by atoms with van der Waals surface area (Å²) in [7, 11) is 0. The summed E-state index contributed by atoms with van der Waals surface area (Å²) in [5, 5.41) is 3.12. The number of nitrogens with two attached hydrogens (primary N) is 1. The molecule has 1 heterocycles. The number of carbonyl (C=O) groups excluding carboxylic acids is 1. The highest BCUT2D eigenvalue weighted by molar-refractivity contribution is 8.02. The fourth-order valence-electron chi connectivity index (χ4n) is 2.52. The van der Waals surface area contributed by atoms with E-state index in [9.17, 15) is 4.79 Å². The molecule has 1 aliphatic rings. The summed E-state index contributed by atoms with van der Waals surface area (Å²) in [4.78, 5) is 15.2. The summed E-state index contributed by atoms with van der Waals surface area (Å²) in [5.41, 5.74) is 5.76. The summed E-state index contributed by atoms with van der Waals surface area (Å²) < 4.78 is -0.0925. The van der Waals surface area contributed by atoms with E-state index in [1.54, 1.807) is 11.8 Å². The highest BCUT2D eigenvalue weighted by atomic mass is 32.2. The van der Waals surface area contributed by atoms with Gasteiger partial charge in [0.2, 0.25) is 5.91 Å². The molecule has 0 spiro atoms. The predicted octanol–water partition coefficient (Wildman–Crippen LogP) is 2.16. The summed E-state index contributed by atoms with van der Waals surface area (Å²) >= 11 is 6.97. The Kier molecular flexibility index (Phi) is 6.50. The Morgan fingerprint density at radius 2 is 2.00 bits per heavy atom. The maximum Gasteiger partial charge on any atom is 0.237 e. The number of thiocarbonyl (C=S) groups is 1. The average Bonchev–Trinajstić information content (AvgIpc) is 2.45. The largest absolute Gasteiger partial charge is 0.392 e. The summed E-state index contributed by atoms with van der Waals surface area (Å²) in [6.45, 7) is 9.90. The SMILES string of the molecule is CCC(C)(C)NC(=O)C(C)N1CCC(SC)(C(N)=S)CC1. The zero-order valence-electron chi connectivity index (χ0n) is 13.9. The zero-order chi connectivity index (χ0) is 16.3. The van der Waals surface area contributed by atoms with Gasteiger partial charge in [-0.3, -0.25) is 9.69 Å². The van der Waals surface area contributed by atoms with Crippen LogP contribution >= 0.6 is 24.0 Å². The zero-order valence-corrected chi connectivity index (χ0v) is 15.5. The van der Waals surface area contributed by atoms with Crippen molar-refractivity contribution in [1.29, 1.82) is 0 Å². The van der Waals surface area contributed by atoms with Crippen LogP contribution in [0.1, 0.15) is 47.0 Å². The molecule has 1 saturated heterocycles. The van der Waals surface area contributed by atoms with Gasteiger partial charge >= 0.3 is 0 Å². The fraction of sp³-hybridized carbons (Fsp3) is 0.867. The lowest BCUT2D eigenvalue weighted by molar-refractivity contribution is -0.128. The van der Waals surface area contributed by atoms with Crippen LogP contribution in [0.5, 0.6) is 0 Å². The Balaban J connectivity index is 2.61. The third-order valence-corrected chi connectivity index (χ3v) is 6.65. The van der Waals surface area contributed by atoms with E-state index in [1.807, 2.05) is 6.92 Å². The van der Waals surface area contributed by atoms with Crippen LogP contribution in [0, 0.1) is 0 Å². The normalized spacial score (nSPS) is 20.8. The molecule has 0 radical (unpaired) electrons. The number of nitrogens with zero attached hydrogens (tertiary/aromatic N) is 1. The molecule has 3 N–H and O–H groups in total. The van der Waals surface area contributed by atoms with Crippen molar-refractivity contribution in [2.45, 2.75) is 63.3 Å². The number of hydrogen-bond acceptors (Lipinski definition) is 4. The number of carbonyl (C=O) groups is 1. The predicted molar refractivity (Wildman–Crippen MR) is 95.8 cm³/mol. The van der Waals surface area contributed by atoms with Gasteiger partial charge in [-0.15, -0.1) is 0 Å². The minimum absolute atomic E-state index is 0.0925. The summed E-state index contributed by atoms with van der Waals surface area (Å²) in [5.74, 6) is 0.105. The maximum atomic E-state index is 12.4. The van der Waals surface area contributed by atoms with Crippen molar-refractivity contribution in [2.24, 2.45) is 5.73 Å².